The Morgan fingerprint density at radius 3 is 0.958 bits per heavy atom. The number of hydrogen-bond acceptors (Lipinski definition) is 8. The summed E-state index contributed by atoms with van der Waals surface area (Å²) < 4.78 is 1.44. The average Bonchev–Trinajstić information content (AvgIpc) is 3.70. The van der Waals surface area contributed by atoms with Gasteiger partial charge in [0.15, 0.2) is 0 Å². The van der Waals surface area contributed by atoms with Crippen LogP contribution in [0.3, 0.4) is 0 Å². The van der Waals surface area contributed by atoms with Gasteiger partial charge in [-0.1, -0.05) is 72.8 Å². The number of hydrogen-bond donors (Lipinski definition) is 4. The van der Waals surface area contributed by atoms with Gasteiger partial charge in [-0.2, -0.15) is 0 Å². The SMILES string of the molecule is O=C(Nc1csc(SSc2scc(NC(=O)c3ccccc3)c2NC(=O)c2ccccc2)c1NC(=O)c1ccccc1)c1ccccc1. The third kappa shape index (κ3) is 8.04. The predicted molar refractivity (Wildman–Crippen MR) is 198 cm³/mol. The fourth-order valence-corrected chi connectivity index (χ4v) is 9.30. The first-order chi connectivity index (χ1) is 23.5. The number of amides is 4. The zero-order chi connectivity index (χ0) is 33.3. The molecule has 0 fully saturated rings. The van der Waals surface area contributed by atoms with Crippen molar-refractivity contribution in [2.24, 2.45) is 0 Å². The van der Waals surface area contributed by atoms with Crippen LogP contribution in [-0.4, -0.2) is 23.6 Å². The molecule has 6 rings (SSSR count). The highest BCUT2D eigenvalue weighted by atomic mass is 33.1. The molecule has 6 aromatic rings. The predicted octanol–water partition coefficient (Wildman–Crippen LogP) is 9.62. The summed E-state index contributed by atoms with van der Waals surface area (Å²) in [5.41, 5.74) is 3.73. The average molecular weight is 707 g/mol. The quantitative estimate of drug-likeness (QED) is 0.0998. The minimum Gasteiger partial charge on any atom is -0.319 e. The van der Waals surface area contributed by atoms with Crippen LogP contribution in [-0.2, 0) is 0 Å². The monoisotopic (exact) mass is 706 g/mol. The van der Waals surface area contributed by atoms with Crippen LogP contribution < -0.4 is 21.3 Å². The van der Waals surface area contributed by atoms with E-state index in [1.54, 1.807) is 108 Å². The number of benzene rings is 4. The Morgan fingerprint density at radius 1 is 0.396 bits per heavy atom. The first-order valence-electron chi connectivity index (χ1n) is 14.5. The van der Waals surface area contributed by atoms with Crippen LogP contribution in [0.4, 0.5) is 22.7 Å². The highest BCUT2D eigenvalue weighted by Gasteiger charge is 2.22. The lowest BCUT2D eigenvalue weighted by molar-refractivity contribution is 0.101. The van der Waals surface area contributed by atoms with Crippen molar-refractivity contribution in [2.45, 2.75) is 8.42 Å². The summed E-state index contributed by atoms with van der Waals surface area (Å²) >= 11 is 2.72. The first-order valence-corrected chi connectivity index (χ1v) is 18.4. The lowest BCUT2D eigenvalue weighted by Crippen LogP contribution is -2.16. The topological polar surface area (TPSA) is 116 Å². The van der Waals surface area contributed by atoms with Gasteiger partial charge in [0.2, 0.25) is 0 Å². The maximum atomic E-state index is 13.3. The van der Waals surface area contributed by atoms with E-state index in [9.17, 15) is 19.2 Å². The molecule has 4 amide bonds. The second kappa shape index (κ2) is 15.6. The smallest absolute Gasteiger partial charge is 0.255 e. The molecular formula is C36H26N4O4S4. The molecule has 0 saturated heterocycles. The van der Waals surface area contributed by atoms with Gasteiger partial charge in [0.05, 0.1) is 31.2 Å². The van der Waals surface area contributed by atoms with Crippen molar-refractivity contribution in [3.05, 3.63) is 154 Å². The Kier molecular flexibility index (Phi) is 10.7. The molecule has 238 valence electrons. The van der Waals surface area contributed by atoms with Crippen LogP contribution in [0.1, 0.15) is 41.4 Å². The minimum atomic E-state index is -0.325. The van der Waals surface area contributed by atoms with E-state index in [2.05, 4.69) is 21.3 Å². The van der Waals surface area contributed by atoms with Gasteiger partial charge in [-0.3, -0.25) is 19.2 Å². The Morgan fingerprint density at radius 2 is 0.667 bits per heavy atom. The molecule has 8 nitrogen and oxygen atoms in total. The normalized spacial score (nSPS) is 10.6. The fraction of sp³-hybridized carbons (Fsp3) is 0. The molecule has 0 unspecified atom stereocenters. The molecule has 4 N–H and O–H groups in total. The zero-order valence-electron chi connectivity index (χ0n) is 25.0. The van der Waals surface area contributed by atoms with Crippen molar-refractivity contribution >= 4 is 90.6 Å². The molecule has 0 aliphatic carbocycles. The van der Waals surface area contributed by atoms with Gasteiger partial charge in [0.25, 0.3) is 23.6 Å². The maximum Gasteiger partial charge on any atom is 0.255 e. The van der Waals surface area contributed by atoms with Gasteiger partial charge in [0.1, 0.15) is 0 Å². The largest absolute Gasteiger partial charge is 0.319 e. The summed E-state index contributed by atoms with van der Waals surface area (Å²) in [6.45, 7) is 0. The van der Waals surface area contributed by atoms with E-state index in [1.165, 1.54) is 44.3 Å². The lowest BCUT2D eigenvalue weighted by atomic mass is 10.2. The Bertz CT molecular complexity index is 1900. The molecule has 0 bridgehead atoms. The van der Waals surface area contributed by atoms with Crippen molar-refractivity contribution in [1.29, 1.82) is 0 Å². The molecule has 0 atom stereocenters. The molecule has 0 aliphatic rings. The number of carbonyl (C=O) groups excluding carboxylic acids is 4. The molecule has 0 saturated carbocycles. The number of rotatable bonds is 11. The standard InChI is InChI=1S/C36H26N4O4S4/c41-31(23-13-5-1-6-14-23)37-27-21-45-35(29(27)39-33(43)25-17-9-3-10-18-25)47-48-36-30(40-34(44)26-19-11-4-12-20-26)28(22-46-36)38-32(42)24-15-7-2-8-16-24/h1-22H,(H,37,41)(H,38,42)(H,39,43)(H,40,44). The van der Waals surface area contributed by atoms with Gasteiger partial charge in [-0.25, -0.2) is 0 Å². The van der Waals surface area contributed by atoms with Crippen LogP contribution in [0.5, 0.6) is 0 Å². The van der Waals surface area contributed by atoms with Gasteiger partial charge < -0.3 is 21.3 Å². The summed E-state index contributed by atoms with van der Waals surface area (Å²) in [6.07, 6.45) is 0. The van der Waals surface area contributed by atoms with Gasteiger partial charge in [0, 0.05) is 33.0 Å². The van der Waals surface area contributed by atoms with Crippen LogP contribution in [0.25, 0.3) is 0 Å². The molecular weight excluding hydrogens is 681 g/mol. The van der Waals surface area contributed by atoms with Gasteiger partial charge in [-0.05, 0) is 70.1 Å². The van der Waals surface area contributed by atoms with Crippen molar-refractivity contribution in [3.63, 3.8) is 0 Å². The Labute approximate surface area is 292 Å². The third-order valence-electron chi connectivity index (χ3n) is 6.82. The van der Waals surface area contributed by atoms with E-state index >= 15 is 0 Å². The van der Waals surface area contributed by atoms with E-state index in [-0.39, 0.29) is 23.6 Å². The molecule has 12 heteroatoms. The van der Waals surface area contributed by atoms with Crippen molar-refractivity contribution < 1.29 is 19.2 Å². The van der Waals surface area contributed by atoms with E-state index in [0.717, 1.165) is 8.42 Å². The zero-order valence-corrected chi connectivity index (χ0v) is 28.2. The van der Waals surface area contributed by atoms with E-state index < -0.39 is 0 Å². The summed E-state index contributed by atoms with van der Waals surface area (Å²) in [7, 11) is 2.72. The third-order valence-corrected chi connectivity index (χ3v) is 12.1. The minimum absolute atomic E-state index is 0.309. The summed E-state index contributed by atoms with van der Waals surface area (Å²) in [4.78, 5) is 52.6. The van der Waals surface area contributed by atoms with Crippen molar-refractivity contribution in [3.8, 4) is 0 Å². The molecule has 0 aliphatic heterocycles. The van der Waals surface area contributed by atoms with Crippen LogP contribution in [0.15, 0.2) is 141 Å². The second-order valence-corrected chi connectivity index (χ2v) is 14.5. The number of nitrogens with one attached hydrogen (secondary N) is 4. The fourth-order valence-electron chi connectivity index (χ4n) is 4.42. The van der Waals surface area contributed by atoms with Crippen molar-refractivity contribution in [2.75, 3.05) is 21.3 Å². The molecule has 2 aromatic heterocycles. The van der Waals surface area contributed by atoms with E-state index in [0.29, 0.717) is 45.0 Å². The molecule has 0 radical (unpaired) electrons. The van der Waals surface area contributed by atoms with Gasteiger partial charge >= 0.3 is 0 Å². The van der Waals surface area contributed by atoms with Crippen molar-refractivity contribution in [1.82, 2.24) is 0 Å². The number of carbonyl (C=O) groups is 4. The highest BCUT2D eigenvalue weighted by Crippen LogP contribution is 2.52. The highest BCUT2D eigenvalue weighted by molar-refractivity contribution is 8.77. The molecule has 2 heterocycles. The van der Waals surface area contributed by atoms with E-state index in [4.69, 9.17) is 0 Å². The molecule has 4 aromatic carbocycles. The summed E-state index contributed by atoms with van der Waals surface area (Å²) in [5.74, 6) is -1.27. The number of thiophene rings is 2. The second-order valence-electron chi connectivity index (χ2n) is 10.1. The molecule has 0 spiro atoms. The maximum absolute atomic E-state index is 13.3. The van der Waals surface area contributed by atoms with E-state index in [1.807, 2.05) is 24.3 Å². The first kappa shape index (κ1) is 32.8. The van der Waals surface area contributed by atoms with Crippen LogP contribution in [0, 0.1) is 0 Å². The lowest BCUT2D eigenvalue weighted by Gasteiger charge is -2.12. The number of anilines is 4. The Hall–Kier alpha value is -5.14. The van der Waals surface area contributed by atoms with Gasteiger partial charge in [-0.15, -0.1) is 22.7 Å². The molecule has 48 heavy (non-hydrogen) atoms. The van der Waals surface area contributed by atoms with Crippen LogP contribution in [0.2, 0.25) is 0 Å². The van der Waals surface area contributed by atoms with Crippen LogP contribution >= 0.6 is 44.3 Å². The summed E-state index contributed by atoms with van der Waals surface area (Å²) in [5, 5.41) is 15.4. The Balaban J connectivity index is 1.28. The summed E-state index contributed by atoms with van der Waals surface area (Å²) in [6, 6.07) is 35.3.